The van der Waals surface area contributed by atoms with Gasteiger partial charge in [-0.15, -0.1) is 0 Å². The van der Waals surface area contributed by atoms with E-state index >= 15 is 0 Å². The van der Waals surface area contributed by atoms with Crippen molar-refractivity contribution >= 4 is 23.3 Å². The minimum absolute atomic E-state index is 0.0105. The zero-order valence-electron chi connectivity index (χ0n) is 15.4. The molecule has 2 aromatic carbocycles. The van der Waals surface area contributed by atoms with Crippen LogP contribution in [0.15, 0.2) is 54.6 Å². The van der Waals surface area contributed by atoms with E-state index in [1.54, 1.807) is 12.1 Å². The lowest BCUT2D eigenvalue weighted by Crippen LogP contribution is -2.29. The highest BCUT2D eigenvalue weighted by Gasteiger charge is 2.45. The molecule has 4 rings (SSSR count). The third kappa shape index (κ3) is 3.40. The van der Waals surface area contributed by atoms with Gasteiger partial charge in [-0.1, -0.05) is 54.6 Å². The fraction of sp³-hybridized carbons (Fsp3) is 0.304. The zero-order chi connectivity index (χ0) is 19.7. The molecule has 0 radical (unpaired) electrons. The molecule has 2 aromatic rings. The summed E-state index contributed by atoms with van der Waals surface area (Å²) in [6.07, 6.45) is 1.43. The van der Waals surface area contributed by atoms with Crippen LogP contribution in [0.2, 0.25) is 0 Å². The lowest BCUT2D eigenvalue weighted by Gasteiger charge is -2.12. The Labute approximate surface area is 163 Å². The highest BCUT2D eigenvalue weighted by atomic mass is 16.2. The van der Waals surface area contributed by atoms with Crippen LogP contribution in [0.25, 0.3) is 0 Å². The number of hydrogen-bond donors (Lipinski definition) is 1. The molecular formula is C23H21NO4. The lowest BCUT2D eigenvalue weighted by molar-refractivity contribution is -0.136. The van der Waals surface area contributed by atoms with Crippen molar-refractivity contribution < 1.29 is 19.2 Å². The van der Waals surface area contributed by atoms with Gasteiger partial charge in [-0.25, -0.2) is 0 Å². The second-order valence-corrected chi connectivity index (χ2v) is 7.50. The molecule has 0 bridgehead atoms. The average Bonchev–Trinajstić information content (AvgIpc) is 3.17. The summed E-state index contributed by atoms with van der Waals surface area (Å²) in [5.74, 6) is -2.73. The topological polar surface area (TPSA) is 80.3 Å². The highest BCUT2D eigenvalue weighted by Crippen LogP contribution is 2.36. The van der Waals surface area contributed by atoms with Crippen molar-refractivity contribution in [3.63, 3.8) is 0 Å². The summed E-state index contributed by atoms with van der Waals surface area (Å²) >= 11 is 0. The van der Waals surface area contributed by atoms with Crippen LogP contribution in [-0.2, 0) is 20.8 Å². The maximum Gasteiger partial charge on any atom is 0.238 e. The molecule has 1 N–H and O–H groups in total. The lowest BCUT2D eigenvalue weighted by atomic mass is 9.88. The van der Waals surface area contributed by atoms with Crippen molar-refractivity contribution in [2.75, 3.05) is 0 Å². The van der Waals surface area contributed by atoms with Crippen molar-refractivity contribution in [1.82, 2.24) is 5.32 Å². The van der Waals surface area contributed by atoms with Gasteiger partial charge in [-0.05, 0) is 29.9 Å². The molecule has 0 saturated carbocycles. The van der Waals surface area contributed by atoms with Gasteiger partial charge >= 0.3 is 0 Å². The van der Waals surface area contributed by atoms with Crippen LogP contribution < -0.4 is 5.32 Å². The van der Waals surface area contributed by atoms with Gasteiger partial charge in [-0.2, -0.15) is 0 Å². The molecule has 1 aliphatic heterocycles. The first kappa shape index (κ1) is 18.3. The average molecular weight is 375 g/mol. The molecule has 3 unspecified atom stereocenters. The van der Waals surface area contributed by atoms with Gasteiger partial charge in [0.15, 0.2) is 23.3 Å². The predicted octanol–water partition coefficient (Wildman–Crippen LogP) is 2.63. The van der Waals surface area contributed by atoms with Crippen LogP contribution in [0.1, 0.15) is 46.7 Å². The summed E-state index contributed by atoms with van der Waals surface area (Å²) in [5.41, 5.74) is 2.57. The van der Waals surface area contributed by atoms with Crippen molar-refractivity contribution in [2.45, 2.75) is 37.6 Å². The van der Waals surface area contributed by atoms with E-state index in [0.29, 0.717) is 18.4 Å². The van der Waals surface area contributed by atoms with Crippen LogP contribution >= 0.6 is 0 Å². The Hall–Kier alpha value is -3.08. The zero-order valence-corrected chi connectivity index (χ0v) is 15.4. The number of aryl methyl sites for hydroxylation is 1. The van der Waals surface area contributed by atoms with Gasteiger partial charge in [0.1, 0.15) is 0 Å². The largest absolute Gasteiger partial charge is 0.345 e. The summed E-state index contributed by atoms with van der Waals surface area (Å²) < 4.78 is 0. The van der Waals surface area contributed by atoms with Crippen LogP contribution in [0.5, 0.6) is 0 Å². The Morgan fingerprint density at radius 2 is 1.68 bits per heavy atom. The number of benzene rings is 2. The van der Waals surface area contributed by atoms with Gasteiger partial charge < -0.3 is 5.32 Å². The van der Waals surface area contributed by atoms with E-state index in [2.05, 4.69) is 5.32 Å². The minimum atomic E-state index is -1.25. The fourth-order valence-electron chi connectivity index (χ4n) is 4.23. The molecule has 1 fully saturated rings. The second kappa shape index (κ2) is 7.50. The van der Waals surface area contributed by atoms with Gasteiger partial charge in [0, 0.05) is 18.4 Å². The van der Waals surface area contributed by atoms with Crippen molar-refractivity contribution in [1.29, 1.82) is 0 Å². The molecular weight excluding hydrogens is 354 g/mol. The molecule has 1 amide bonds. The van der Waals surface area contributed by atoms with E-state index in [1.807, 2.05) is 42.5 Å². The summed E-state index contributed by atoms with van der Waals surface area (Å²) in [7, 11) is 0. The summed E-state index contributed by atoms with van der Waals surface area (Å²) in [6.45, 7) is 0. The minimum Gasteiger partial charge on any atom is -0.345 e. The van der Waals surface area contributed by atoms with E-state index in [1.165, 1.54) is 0 Å². The predicted molar refractivity (Wildman–Crippen MR) is 103 cm³/mol. The maximum absolute atomic E-state index is 12.8. The maximum atomic E-state index is 12.8. The Balaban J connectivity index is 1.41. The SMILES string of the molecule is O=C1CC(CC(=O)C2C(=O)NC(CCc3ccccc3)C2=O)c2ccccc21. The first-order valence-electron chi connectivity index (χ1n) is 9.57. The van der Waals surface area contributed by atoms with Crippen molar-refractivity contribution in [2.24, 2.45) is 5.92 Å². The number of nitrogens with one attached hydrogen (secondary N) is 1. The first-order chi connectivity index (χ1) is 13.5. The Kier molecular flexibility index (Phi) is 4.90. The molecule has 1 aliphatic carbocycles. The summed E-state index contributed by atoms with van der Waals surface area (Å²) in [6, 6.07) is 16.3. The molecule has 28 heavy (non-hydrogen) atoms. The van der Waals surface area contributed by atoms with Gasteiger partial charge in [-0.3, -0.25) is 19.2 Å². The standard InChI is InChI=1S/C23H21NO4/c25-19-12-15(16-8-4-5-9-17(16)19)13-20(26)21-22(27)18(24-23(21)28)11-10-14-6-2-1-3-7-14/h1-9,15,18,21H,10-13H2,(H,24,28). The molecule has 3 atom stereocenters. The Morgan fingerprint density at radius 3 is 2.46 bits per heavy atom. The molecule has 0 aromatic heterocycles. The number of carbonyl (C=O) groups excluding carboxylic acids is 4. The molecule has 5 nitrogen and oxygen atoms in total. The van der Waals surface area contributed by atoms with Gasteiger partial charge in [0.2, 0.25) is 5.91 Å². The van der Waals surface area contributed by atoms with Crippen LogP contribution in [0, 0.1) is 5.92 Å². The smallest absolute Gasteiger partial charge is 0.238 e. The molecule has 142 valence electrons. The second-order valence-electron chi connectivity index (χ2n) is 7.50. The normalized spacial score (nSPS) is 23.6. The molecule has 1 saturated heterocycles. The third-order valence-corrected chi connectivity index (χ3v) is 5.67. The van der Waals surface area contributed by atoms with Crippen molar-refractivity contribution in [3.8, 4) is 0 Å². The number of Topliss-reactive ketones (excluding diaryl/α,β-unsaturated/α-hetero) is 3. The highest BCUT2D eigenvalue weighted by molar-refractivity contribution is 6.24. The monoisotopic (exact) mass is 375 g/mol. The molecule has 0 spiro atoms. The van der Waals surface area contributed by atoms with Crippen LogP contribution in [0.3, 0.4) is 0 Å². The van der Waals surface area contributed by atoms with E-state index in [4.69, 9.17) is 0 Å². The number of carbonyl (C=O) groups is 4. The number of rotatable bonds is 6. The van der Waals surface area contributed by atoms with Gasteiger partial charge in [0.05, 0.1) is 6.04 Å². The van der Waals surface area contributed by atoms with E-state index in [-0.39, 0.29) is 36.1 Å². The van der Waals surface area contributed by atoms with E-state index in [9.17, 15) is 19.2 Å². The summed E-state index contributed by atoms with van der Waals surface area (Å²) in [5, 5.41) is 2.68. The number of fused-ring (bicyclic) bond motifs is 1. The molecule has 5 heteroatoms. The Morgan fingerprint density at radius 1 is 0.964 bits per heavy atom. The van der Waals surface area contributed by atoms with E-state index in [0.717, 1.165) is 11.1 Å². The third-order valence-electron chi connectivity index (χ3n) is 5.67. The summed E-state index contributed by atoms with van der Waals surface area (Å²) in [4.78, 5) is 49.9. The van der Waals surface area contributed by atoms with Crippen LogP contribution in [-0.4, -0.2) is 29.3 Å². The Bertz CT molecular complexity index is 950. The fourth-order valence-corrected chi connectivity index (χ4v) is 4.23. The molecule has 1 heterocycles. The van der Waals surface area contributed by atoms with E-state index < -0.39 is 17.9 Å². The van der Waals surface area contributed by atoms with Crippen LogP contribution in [0.4, 0.5) is 0 Å². The molecule has 2 aliphatic rings. The number of hydrogen-bond acceptors (Lipinski definition) is 4. The van der Waals surface area contributed by atoms with Crippen molar-refractivity contribution in [3.05, 3.63) is 71.3 Å². The number of ketones is 3. The number of amides is 1. The first-order valence-corrected chi connectivity index (χ1v) is 9.57. The van der Waals surface area contributed by atoms with Gasteiger partial charge in [0.25, 0.3) is 0 Å². The quantitative estimate of drug-likeness (QED) is 0.787.